The van der Waals surface area contributed by atoms with Crippen molar-refractivity contribution in [1.82, 2.24) is 9.55 Å². The molecule has 0 spiro atoms. The Bertz CT molecular complexity index is 1080. The standard InChI is InChI=1S/C20H18F3N3O3S/c1-26-16(13-6-4-3-5-7-13)11-24-19(26)30(28)12-18(27)25-15-10-14(20(21,22)23)8-9-17(15)29-2/h3-11H,12H2,1-2H3,(H,25,27)/t30-/m0/s1. The lowest BCUT2D eigenvalue weighted by atomic mass is 10.2. The lowest BCUT2D eigenvalue weighted by Crippen LogP contribution is -2.21. The molecule has 0 radical (unpaired) electrons. The summed E-state index contributed by atoms with van der Waals surface area (Å²) in [5.74, 6) is -1.14. The summed E-state index contributed by atoms with van der Waals surface area (Å²) in [7, 11) is 1.14. The average molecular weight is 437 g/mol. The molecule has 3 aromatic rings. The maximum atomic E-state index is 12.9. The highest BCUT2D eigenvalue weighted by Gasteiger charge is 2.31. The molecule has 6 nitrogen and oxygen atoms in total. The van der Waals surface area contributed by atoms with Gasteiger partial charge in [0, 0.05) is 7.05 Å². The van der Waals surface area contributed by atoms with Crippen molar-refractivity contribution in [3.8, 4) is 17.0 Å². The minimum atomic E-state index is -4.57. The molecule has 0 aliphatic rings. The van der Waals surface area contributed by atoms with Crippen molar-refractivity contribution < 1.29 is 26.9 Å². The van der Waals surface area contributed by atoms with E-state index in [2.05, 4.69) is 10.3 Å². The zero-order chi connectivity index (χ0) is 21.9. The van der Waals surface area contributed by atoms with Gasteiger partial charge in [-0.1, -0.05) is 30.3 Å². The number of amides is 1. The Kier molecular flexibility index (Phi) is 6.25. The van der Waals surface area contributed by atoms with Crippen LogP contribution in [-0.2, 0) is 28.8 Å². The fourth-order valence-corrected chi connectivity index (χ4v) is 3.85. The van der Waals surface area contributed by atoms with Gasteiger partial charge < -0.3 is 14.6 Å². The van der Waals surface area contributed by atoms with E-state index in [0.29, 0.717) is 0 Å². The van der Waals surface area contributed by atoms with Crippen molar-refractivity contribution in [3.63, 3.8) is 0 Å². The fraction of sp³-hybridized carbons (Fsp3) is 0.200. The Morgan fingerprint density at radius 1 is 1.20 bits per heavy atom. The summed E-state index contributed by atoms with van der Waals surface area (Å²) < 4.78 is 58.1. The summed E-state index contributed by atoms with van der Waals surface area (Å²) in [5.41, 5.74) is 0.503. The fourth-order valence-electron chi connectivity index (χ4n) is 2.83. The van der Waals surface area contributed by atoms with Gasteiger partial charge in [-0.25, -0.2) is 4.98 Å². The minimum Gasteiger partial charge on any atom is -0.495 e. The summed E-state index contributed by atoms with van der Waals surface area (Å²) in [6.45, 7) is 0. The molecule has 1 amide bonds. The van der Waals surface area contributed by atoms with Gasteiger partial charge in [-0.2, -0.15) is 13.2 Å². The summed E-state index contributed by atoms with van der Waals surface area (Å²) >= 11 is 0. The number of carbonyl (C=O) groups excluding carboxylic acids is 1. The van der Waals surface area contributed by atoms with Crippen molar-refractivity contribution >= 4 is 22.4 Å². The minimum absolute atomic E-state index is 0.0606. The van der Waals surface area contributed by atoms with Gasteiger partial charge in [0.1, 0.15) is 11.5 Å². The number of aromatic nitrogens is 2. The first kappa shape index (κ1) is 21.6. The third kappa shape index (κ3) is 4.70. The third-order valence-corrected chi connectivity index (χ3v) is 5.59. The lowest BCUT2D eigenvalue weighted by molar-refractivity contribution is -0.137. The Morgan fingerprint density at radius 2 is 1.90 bits per heavy atom. The topological polar surface area (TPSA) is 73.2 Å². The van der Waals surface area contributed by atoms with Crippen LogP contribution in [0.3, 0.4) is 0 Å². The normalized spacial score (nSPS) is 12.4. The van der Waals surface area contributed by atoms with Crippen LogP contribution >= 0.6 is 0 Å². The first-order chi connectivity index (χ1) is 14.2. The van der Waals surface area contributed by atoms with Crippen molar-refractivity contribution in [2.75, 3.05) is 18.2 Å². The van der Waals surface area contributed by atoms with Crippen molar-refractivity contribution in [3.05, 3.63) is 60.3 Å². The van der Waals surface area contributed by atoms with Crippen molar-refractivity contribution in [1.29, 1.82) is 0 Å². The lowest BCUT2D eigenvalue weighted by Gasteiger charge is -2.13. The zero-order valence-corrected chi connectivity index (χ0v) is 16.9. The average Bonchev–Trinajstić information content (AvgIpc) is 3.09. The molecule has 0 aliphatic heterocycles. The van der Waals surface area contributed by atoms with Crippen molar-refractivity contribution in [2.45, 2.75) is 11.3 Å². The van der Waals surface area contributed by atoms with Crippen LogP contribution in [0.1, 0.15) is 5.56 Å². The number of methoxy groups -OCH3 is 1. The van der Waals surface area contributed by atoms with E-state index in [4.69, 9.17) is 4.74 Å². The molecule has 3 rings (SSSR count). The highest BCUT2D eigenvalue weighted by molar-refractivity contribution is 7.85. The Morgan fingerprint density at radius 3 is 2.53 bits per heavy atom. The number of benzene rings is 2. The van der Waals surface area contributed by atoms with Gasteiger partial charge >= 0.3 is 6.18 Å². The van der Waals surface area contributed by atoms with E-state index < -0.39 is 34.2 Å². The van der Waals surface area contributed by atoms with E-state index >= 15 is 0 Å². The van der Waals surface area contributed by atoms with E-state index in [1.165, 1.54) is 7.11 Å². The van der Waals surface area contributed by atoms with Gasteiger partial charge in [0.15, 0.2) is 5.16 Å². The van der Waals surface area contributed by atoms with Crippen LogP contribution in [0.2, 0.25) is 0 Å². The molecule has 1 atom stereocenters. The van der Waals surface area contributed by atoms with E-state index in [1.807, 2.05) is 30.3 Å². The van der Waals surface area contributed by atoms with Crippen molar-refractivity contribution in [2.24, 2.45) is 7.05 Å². The molecule has 1 N–H and O–H groups in total. The van der Waals surface area contributed by atoms with Crippen LogP contribution in [0, 0.1) is 0 Å². The molecular formula is C20H18F3N3O3S. The maximum Gasteiger partial charge on any atom is 0.416 e. The smallest absolute Gasteiger partial charge is 0.416 e. The number of nitrogens with one attached hydrogen (secondary N) is 1. The van der Waals surface area contributed by atoms with Crippen LogP contribution in [-0.4, -0.2) is 32.5 Å². The number of anilines is 1. The van der Waals surface area contributed by atoms with Gasteiger partial charge in [-0.3, -0.25) is 9.00 Å². The highest BCUT2D eigenvalue weighted by Crippen LogP contribution is 2.35. The maximum absolute atomic E-state index is 12.9. The molecule has 1 aromatic heterocycles. The summed E-state index contributed by atoms with van der Waals surface area (Å²) in [6.07, 6.45) is -3.02. The molecule has 10 heteroatoms. The Labute approximate surface area is 173 Å². The van der Waals surface area contributed by atoms with Crippen LogP contribution in [0.5, 0.6) is 5.75 Å². The third-order valence-electron chi connectivity index (χ3n) is 4.28. The number of halogens is 3. The second-order valence-electron chi connectivity index (χ2n) is 6.30. The molecular weight excluding hydrogens is 419 g/mol. The molecule has 0 fully saturated rings. The van der Waals surface area contributed by atoms with Crippen LogP contribution in [0.4, 0.5) is 18.9 Å². The van der Waals surface area contributed by atoms with Crippen LogP contribution in [0.15, 0.2) is 59.9 Å². The number of alkyl halides is 3. The molecule has 1 heterocycles. The Balaban J connectivity index is 1.76. The first-order valence-electron chi connectivity index (χ1n) is 8.71. The van der Waals surface area contributed by atoms with Crippen LogP contribution in [0.25, 0.3) is 11.3 Å². The van der Waals surface area contributed by atoms with E-state index in [9.17, 15) is 22.2 Å². The van der Waals surface area contributed by atoms with Gasteiger partial charge in [0.2, 0.25) is 5.91 Å². The van der Waals surface area contributed by atoms with Gasteiger partial charge in [-0.05, 0) is 23.8 Å². The SMILES string of the molecule is COc1ccc(C(F)(F)F)cc1NC(=O)C[S@](=O)c1ncc(-c2ccccc2)n1C. The van der Waals surface area contributed by atoms with E-state index in [1.54, 1.807) is 17.8 Å². The summed E-state index contributed by atoms with van der Waals surface area (Å²) in [4.78, 5) is 16.5. The Hall–Kier alpha value is -3.14. The number of rotatable bonds is 6. The quantitative estimate of drug-likeness (QED) is 0.636. The molecule has 0 saturated heterocycles. The second kappa shape index (κ2) is 8.70. The number of ether oxygens (including phenoxy) is 1. The summed E-state index contributed by atoms with van der Waals surface area (Å²) in [5, 5.41) is 2.52. The predicted octanol–water partition coefficient (Wildman–Crippen LogP) is 3.86. The molecule has 0 bridgehead atoms. The molecule has 2 aromatic carbocycles. The van der Waals surface area contributed by atoms with E-state index in [-0.39, 0.29) is 16.6 Å². The largest absolute Gasteiger partial charge is 0.495 e. The molecule has 30 heavy (non-hydrogen) atoms. The molecule has 0 aliphatic carbocycles. The van der Waals surface area contributed by atoms with Gasteiger partial charge in [0.25, 0.3) is 0 Å². The molecule has 0 saturated carbocycles. The summed E-state index contributed by atoms with van der Waals surface area (Å²) in [6, 6.07) is 12.1. The number of nitrogens with zero attached hydrogens (tertiary/aromatic N) is 2. The number of carbonyl (C=O) groups is 1. The highest BCUT2D eigenvalue weighted by atomic mass is 32.2. The van der Waals surface area contributed by atoms with Gasteiger partial charge in [0.05, 0.1) is 41.1 Å². The molecule has 158 valence electrons. The molecule has 0 unspecified atom stereocenters. The monoisotopic (exact) mass is 437 g/mol. The number of imidazole rings is 1. The predicted molar refractivity (Wildman–Crippen MR) is 107 cm³/mol. The first-order valence-corrected chi connectivity index (χ1v) is 10.0. The second-order valence-corrected chi connectivity index (χ2v) is 7.65. The van der Waals surface area contributed by atoms with E-state index in [0.717, 1.165) is 29.5 Å². The number of hydrogen-bond acceptors (Lipinski definition) is 4. The number of hydrogen-bond donors (Lipinski definition) is 1. The van der Waals surface area contributed by atoms with Gasteiger partial charge in [-0.15, -0.1) is 0 Å². The zero-order valence-electron chi connectivity index (χ0n) is 16.1. The van der Waals surface area contributed by atoms with Crippen LogP contribution < -0.4 is 10.1 Å².